The Hall–Kier alpha value is -3.23. The Bertz CT molecular complexity index is 824. The molecule has 2 aromatic rings. The summed E-state index contributed by atoms with van der Waals surface area (Å²) >= 11 is 0. The zero-order valence-corrected chi connectivity index (χ0v) is 16.9. The molecule has 1 aromatic heterocycles. The zero-order chi connectivity index (χ0) is 20.6. The highest BCUT2D eigenvalue weighted by molar-refractivity contribution is 5.68. The summed E-state index contributed by atoms with van der Waals surface area (Å²) in [6.45, 7) is 5.14. The van der Waals surface area contributed by atoms with Gasteiger partial charge in [0.15, 0.2) is 0 Å². The van der Waals surface area contributed by atoms with Crippen molar-refractivity contribution in [2.45, 2.75) is 19.8 Å². The minimum Gasteiger partial charge on any atom is -0.495 e. The molecule has 9 nitrogen and oxygen atoms in total. The summed E-state index contributed by atoms with van der Waals surface area (Å²) in [5.74, 6) is 2.08. The fourth-order valence-corrected chi connectivity index (χ4v) is 3.04. The van der Waals surface area contributed by atoms with E-state index < -0.39 is 0 Å². The predicted octanol–water partition coefficient (Wildman–Crippen LogP) is 2.87. The topological polar surface area (TPSA) is 106 Å². The molecular formula is C20H28N6O3. The van der Waals surface area contributed by atoms with E-state index in [1.165, 1.54) is 6.33 Å². The van der Waals surface area contributed by atoms with Gasteiger partial charge in [0.05, 0.1) is 19.4 Å². The normalized spacial score (nSPS) is 13.9. The first-order valence-electron chi connectivity index (χ1n) is 9.80. The van der Waals surface area contributed by atoms with Crippen LogP contribution in [-0.4, -0.2) is 60.9 Å². The molecule has 1 aliphatic heterocycles. The molecule has 2 heterocycles. The molecule has 1 fully saturated rings. The SMILES string of the molecule is CCCCOC(=O)N1CCN(c2cc(Nc3ccc(N)c(OC)c3)ncn2)CC1. The number of nitrogens with one attached hydrogen (secondary N) is 1. The third kappa shape index (κ3) is 5.40. The summed E-state index contributed by atoms with van der Waals surface area (Å²) in [5.41, 5.74) is 7.26. The molecule has 0 unspecified atom stereocenters. The Balaban J connectivity index is 1.58. The third-order valence-electron chi connectivity index (χ3n) is 4.74. The molecule has 0 spiro atoms. The van der Waals surface area contributed by atoms with Gasteiger partial charge in [-0.3, -0.25) is 0 Å². The number of anilines is 4. The van der Waals surface area contributed by atoms with Crippen LogP contribution in [0.25, 0.3) is 0 Å². The molecule has 0 aliphatic carbocycles. The van der Waals surface area contributed by atoms with E-state index in [0.717, 1.165) is 24.3 Å². The molecule has 1 amide bonds. The third-order valence-corrected chi connectivity index (χ3v) is 4.74. The fraction of sp³-hybridized carbons (Fsp3) is 0.450. The van der Waals surface area contributed by atoms with E-state index in [2.05, 4.69) is 27.1 Å². The van der Waals surface area contributed by atoms with Crippen molar-refractivity contribution in [2.24, 2.45) is 0 Å². The number of hydrogen-bond acceptors (Lipinski definition) is 8. The standard InChI is InChI=1S/C20H28N6O3/c1-3-4-11-29-20(27)26-9-7-25(8-10-26)19-13-18(22-14-23-19)24-15-5-6-16(21)17(12-15)28-2/h5-6,12-14H,3-4,7-11,21H2,1-2H3,(H,22,23,24). The maximum Gasteiger partial charge on any atom is 0.409 e. The van der Waals surface area contributed by atoms with Gasteiger partial charge in [-0.25, -0.2) is 14.8 Å². The van der Waals surface area contributed by atoms with Gasteiger partial charge in [0.1, 0.15) is 23.7 Å². The van der Waals surface area contributed by atoms with Gasteiger partial charge in [0, 0.05) is 44.0 Å². The van der Waals surface area contributed by atoms with Crippen molar-refractivity contribution in [1.82, 2.24) is 14.9 Å². The summed E-state index contributed by atoms with van der Waals surface area (Å²) in [5, 5.41) is 3.24. The lowest BCUT2D eigenvalue weighted by molar-refractivity contribution is 0.0989. The molecule has 1 aliphatic rings. The zero-order valence-electron chi connectivity index (χ0n) is 16.9. The van der Waals surface area contributed by atoms with Crippen LogP contribution in [0.5, 0.6) is 5.75 Å². The number of methoxy groups -OCH3 is 1. The number of ether oxygens (including phenoxy) is 2. The van der Waals surface area contributed by atoms with E-state index in [0.29, 0.717) is 50.0 Å². The Labute approximate surface area is 170 Å². The number of unbranched alkanes of at least 4 members (excludes halogenated alkanes) is 1. The highest BCUT2D eigenvalue weighted by Gasteiger charge is 2.23. The molecule has 9 heteroatoms. The molecule has 3 N–H and O–H groups in total. The van der Waals surface area contributed by atoms with E-state index in [-0.39, 0.29) is 6.09 Å². The van der Waals surface area contributed by atoms with Crippen LogP contribution in [0.2, 0.25) is 0 Å². The van der Waals surface area contributed by atoms with Gasteiger partial charge in [-0.05, 0) is 18.6 Å². The number of benzene rings is 1. The highest BCUT2D eigenvalue weighted by atomic mass is 16.6. The number of amides is 1. The number of carbonyl (C=O) groups excluding carboxylic acids is 1. The number of hydrogen-bond donors (Lipinski definition) is 2. The Morgan fingerprint density at radius 1 is 1.21 bits per heavy atom. The number of nitrogens with two attached hydrogens (primary N) is 1. The van der Waals surface area contributed by atoms with Gasteiger partial charge in [0.25, 0.3) is 0 Å². The molecule has 1 saturated heterocycles. The number of nitrogens with zero attached hydrogens (tertiary/aromatic N) is 4. The van der Waals surface area contributed by atoms with Crippen molar-refractivity contribution in [1.29, 1.82) is 0 Å². The van der Waals surface area contributed by atoms with Crippen LogP contribution in [0, 0.1) is 0 Å². The van der Waals surface area contributed by atoms with Crippen LogP contribution < -0.4 is 20.7 Å². The molecule has 0 bridgehead atoms. The van der Waals surface area contributed by atoms with Gasteiger partial charge in [0.2, 0.25) is 0 Å². The van der Waals surface area contributed by atoms with E-state index in [4.69, 9.17) is 15.2 Å². The lowest BCUT2D eigenvalue weighted by Crippen LogP contribution is -2.49. The van der Waals surface area contributed by atoms with E-state index >= 15 is 0 Å². The molecule has 1 aromatic carbocycles. The van der Waals surface area contributed by atoms with Gasteiger partial charge in [-0.15, -0.1) is 0 Å². The summed E-state index contributed by atoms with van der Waals surface area (Å²) in [4.78, 5) is 24.6. The van der Waals surface area contributed by atoms with Crippen molar-refractivity contribution in [3.63, 3.8) is 0 Å². The van der Waals surface area contributed by atoms with Gasteiger partial charge in [-0.1, -0.05) is 13.3 Å². The molecule has 0 saturated carbocycles. The highest BCUT2D eigenvalue weighted by Crippen LogP contribution is 2.27. The second-order valence-electron chi connectivity index (χ2n) is 6.79. The predicted molar refractivity (Wildman–Crippen MR) is 113 cm³/mol. The minimum atomic E-state index is -0.236. The maximum absolute atomic E-state index is 12.1. The van der Waals surface area contributed by atoms with Crippen LogP contribution >= 0.6 is 0 Å². The first kappa shape index (κ1) is 20.5. The molecule has 0 radical (unpaired) electrons. The first-order chi connectivity index (χ1) is 14.1. The van der Waals surface area contributed by atoms with Gasteiger partial charge < -0.3 is 30.3 Å². The van der Waals surface area contributed by atoms with Crippen molar-refractivity contribution >= 4 is 29.1 Å². The van der Waals surface area contributed by atoms with E-state index in [9.17, 15) is 4.79 Å². The average molecular weight is 400 g/mol. The summed E-state index contributed by atoms with van der Waals surface area (Å²) < 4.78 is 10.5. The molecule has 3 rings (SSSR count). The smallest absolute Gasteiger partial charge is 0.409 e. The number of nitrogen functional groups attached to an aromatic ring is 1. The second-order valence-corrected chi connectivity index (χ2v) is 6.79. The second kappa shape index (κ2) is 9.81. The van der Waals surface area contributed by atoms with Crippen LogP contribution in [0.4, 0.5) is 27.8 Å². The Kier molecular flexibility index (Phi) is 6.94. The van der Waals surface area contributed by atoms with Crippen LogP contribution in [0.3, 0.4) is 0 Å². The quantitative estimate of drug-likeness (QED) is 0.540. The fourth-order valence-electron chi connectivity index (χ4n) is 3.04. The summed E-state index contributed by atoms with van der Waals surface area (Å²) in [6, 6.07) is 7.35. The number of piperazine rings is 1. The van der Waals surface area contributed by atoms with E-state index in [1.54, 1.807) is 18.1 Å². The van der Waals surface area contributed by atoms with E-state index in [1.807, 2.05) is 18.2 Å². The monoisotopic (exact) mass is 400 g/mol. The summed E-state index contributed by atoms with van der Waals surface area (Å²) in [7, 11) is 1.58. The van der Waals surface area contributed by atoms with Crippen LogP contribution in [0.1, 0.15) is 19.8 Å². The lowest BCUT2D eigenvalue weighted by Gasteiger charge is -2.34. The molecule has 29 heavy (non-hydrogen) atoms. The molecular weight excluding hydrogens is 372 g/mol. The molecule has 156 valence electrons. The van der Waals surface area contributed by atoms with Crippen molar-refractivity contribution in [3.05, 3.63) is 30.6 Å². The number of carbonyl (C=O) groups is 1. The van der Waals surface area contributed by atoms with Crippen LogP contribution in [0.15, 0.2) is 30.6 Å². The first-order valence-corrected chi connectivity index (χ1v) is 9.80. The number of rotatable bonds is 7. The maximum atomic E-state index is 12.1. The minimum absolute atomic E-state index is 0.236. The average Bonchev–Trinajstić information content (AvgIpc) is 2.75. The summed E-state index contributed by atoms with van der Waals surface area (Å²) in [6.07, 6.45) is 3.19. The van der Waals surface area contributed by atoms with Crippen LogP contribution in [-0.2, 0) is 4.74 Å². The van der Waals surface area contributed by atoms with Crippen molar-refractivity contribution in [2.75, 3.05) is 55.8 Å². The lowest BCUT2D eigenvalue weighted by atomic mass is 10.2. The molecule has 0 atom stereocenters. The van der Waals surface area contributed by atoms with Crippen molar-refractivity contribution in [3.8, 4) is 5.75 Å². The Morgan fingerprint density at radius 3 is 2.72 bits per heavy atom. The number of aromatic nitrogens is 2. The van der Waals surface area contributed by atoms with Gasteiger partial charge in [-0.2, -0.15) is 0 Å². The van der Waals surface area contributed by atoms with Gasteiger partial charge >= 0.3 is 6.09 Å². The Morgan fingerprint density at radius 2 is 2.00 bits per heavy atom. The largest absolute Gasteiger partial charge is 0.495 e. The van der Waals surface area contributed by atoms with Crippen molar-refractivity contribution < 1.29 is 14.3 Å².